The monoisotopic (exact) mass is 188 g/mol. The lowest BCUT2D eigenvalue weighted by molar-refractivity contribution is 0.167. The maximum atomic E-state index is 13.2. The van der Waals surface area contributed by atoms with E-state index in [1.165, 1.54) is 0 Å². The minimum Gasteiger partial charge on any atom is -0.308 e. The van der Waals surface area contributed by atoms with Crippen molar-refractivity contribution in [2.75, 3.05) is 27.2 Å². The van der Waals surface area contributed by atoms with Gasteiger partial charge >= 0.3 is 0 Å². The van der Waals surface area contributed by atoms with Crippen LogP contribution in [0.1, 0.15) is 20.3 Å². The molecule has 1 aliphatic heterocycles. The highest BCUT2D eigenvalue weighted by Gasteiger charge is 2.33. The average molecular weight is 188 g/mol. The first-order valence-electron chi connectivity index (χ1n) is 5.05. The lowest BCUT2D eigenvalue weighted by Gasteiger charge is -2.29. The molecule has 0 aromatic carbocycles. The zero-order valence-corrected chi connectivity index (χ0v) is 9.13. The fourth-order valence-corrected chi connectivity index (χ4v) is 2.12. The average Bonchev–Trinajstić information content (AvgIpc) is 2.29. The van der Waals surface area contributed by atoms with Crippen molar-refractivity contribution < 1.29 is 4.39 Å². The van der Waals surface area contributed by atoms with E-state index in [-0.39, 0.29) is 0 Å². The molecular formula is C10H21FN2. The summed E-state index contributed by atoms with van der Waals surface area (Å²) in [5, 5.41) is 0. The van der Waals surface area contributed by atoms with Crippen LogP contribution in [0.3, 0.4) is 0 Å². The first-order chi connectivity index (χ1) is 6.00. The number of hydrogen-bond donors (Lipinski definition) is 0. The molecule has 78 valence electrons. The molecule has 1 rings (SSSR count). The van der Waals surface area contributed by atoms with Gasteiger partial charge in [-0.1, -0.05) is 0 Å². The molecule has 2 atom stereocenters. The normalized spacial score (nSPS) is 30.7. The molecule has 13 heavy (non-hydrogen) atoms. The number of alkyl halides is 1. The van der Waals surface area contributed by atoms with Crippen LogP contribution >= 0.6 is 0 Å². The third-order valence-electron chi connectivity index (χ3n) is 2.64. The Morgan fingerprint density at radius 1 is 1.46 bits per heavy atom. The first kappa shape index (κ1) is 10.9. The minimum atomic E-state index is -0.618. The van der Waals surface area contributed by atoms with Gasteiger partial charge in [0, 0.05) is 25.2 Å². The van der Waals surface area contributed by atoms with Gasteiger partial charge in [-0.05, 0) is 34.4 Å². The molecule has 0 spiro atoms. The summed E-state index contributed by atoms with van der Waals surface area (Å²) in [5.74, 6) is 0. The third-order valence-corrected chi connectivity index (χ3v) is 2.64. The van der Waals surface area contributed by atoms with Gasteiger partial charge < -0.3 is 4.90 Å². The zero-order chi connectivity index (χ0) is 10.0. The molecule has 0 radical (unpaired) electrons. The number of likely N-dealkylation sites (tertiary alicyclic amines) is 1. The van der Waals surface area contributed by atoms with E-state index < -0.39 is 6.17 Å². The lowest BCUT2D eigenvalue weighted by Crippen LogP contribution is -2.41. The van der Waals surface area contributed by atoms with E-state index in [9.17, 15) is 4.39 Å². The van der Waals surface area contributed by atoms with Gasteiger partial charge in [-0.15, -0.1) is 0 Å². The topological polar surface area (TPSA) is 6.48 Å². The number of halogens is 1. The predicted octanol–water partition coefficient (Wildman–Crippen LogP) is 1.37. The van der Waals surface area contributed by atoms with Gasteiger partial charge in [0.2, 0.25) is 0 Å². The zero-order valence-electron chi connectivity index (χ0n) is 9.13. The van der Waals surface area contributed by atoms with Crippen LogP contribution in [0.5, 0.6) is 0 Å². The van der Waals surface area contributed by atoms with Crippen molar-refractivity contribution in [3.05, 3.63) is 0 Å². The maximum Gasteiger partial charge on any atom is 0.114 e. The van der Waals surface area contributed by atoms with Gasteiger partial charge in [0.05, 0.1) is 0 Å². The summed E-state index contributed by atoms with van der Waals surface area (Å²) in [6, 6.07) is 0.871. The van der Waals surface area contributed by atoms with E-state index in [0.29, 0.717) is 25.0 Å². The summed E-state index contributed by atoms with van der Waals surface area (Å²) in [6.07, 6.45) is 0.0865. The van der Waals surface area contributed by atoms with Crippen LogP contribution in [0.2, 0.25) is 0 Å². The van der Waals surface area contributed by atoms with Crippen molar-refractivity contribution in [1.82, 2.24) is 9.80 Å². The summed E-state index contributed by atoms with van der Waals surface area (Å²) < 4.78 is 13.2. The molecule has 0 aromatic heterocycles. The van der Waals surface area contributed by atoms with Gasteiger partial charge in [-0.25, -0.2) is 4.39 Å². The highest BCUT2D eigenvalue weighted by Crippen LogP contribution is 2.22. The standard InChI is InChI=1S/C10H21FN2/c1-8(2)13-6-9(11)5-10(13)7-12(3)4/h8-10H,5-7H2,1-4H3/t9-,10-/m1/s1. The van der Waals surface area contributed by atoms with Gasteiger partial charge in [0.1, 0.15) is 6.17 Å². The van der Waals surface area contributed by atoms with E-state index in [0.717, 1.165) is 6.54 Å². The van der Waals surface area contributed by atoms with Crippen LogP contribution in [0.4, 0.5) is 4.39 Å². The summed E-state index contributed by atoms with van der Waals surface area (Å²) in [6.45, 7) is 5.87. The second kappa shape index (κ2) is 4.38. The van der Waals surface area contributed by atoms with E-state index in [1.54, 1.807) is 0 Å². The smallest absolute Gasteiger partial charge is 0.114 e. The Hall–Kier alpha value is -0.150. The van der Waals surface area contributed by atoms with Gasteiger partial charge in [0.25, 0.3) is 0 Å². The maximum absolute atomic E-state index is 13.2. The summed E-state index contributed by atoms with van der Waals surface area (Å²) in [7, 11) is 4.09. The quantitative estimate of drug-likeness (QED) is 0.660. The van der Waals surface area contributed by atoms with E-state index in [1.807, 2.05) is 14.1 Å². The Labute approximate surface area is 80.7 Å². The number of likely N-dealkylation sites (N-methyl/N-ethyl adjacent to an activating group) is 1. The minimum absolute atomic E-state index is 0.407. The van der Waals surface area contributed by atoms with Crippen LogP contribution in [0.25, 0.3) is 0 Å². The van der Waals surface area contributed by atoms with E-state index in [2.05, 4.69) is 23.6 Å². The van der Waals surface area contributed by atoms with Gasteiger partial charge in [0.15, 0.2) is 0 Å². The highest BCUT2D eigenvalue weighted by molar-refractivity contribution is 4.88. The molecule has 0 aliphatic carbocycles. The Bertz CT molecular complexity index is 159. The van der Waals surface area contributed by atoms with Crippen molar-refractivity contribution in [2.24, 2.45) is 0 Å². The Kier molecular flexibility index (Phi) is 3.68. The van der Waals surface area contributed by atoms with Gasteiger partial charge in [-0.3, -0.25) is 4.90 Å². The van der Waals surface area contributed by atoms with Crippen LogP contribution in [0, 0.1) is 0 Å². The summed E-state index contributed by atoms with van der Waals surface area (Å²) in [4.78, 5) is 4.41. The number of rotatable bonds is 3. The Balaban J connectivity index is 2.50. The fraction of sp³-hybridized carbons (Fsp3) is 1.00. The molecule has 0 saturated carbocycles. The van der Waals surface area contributed by atoms with E-state index >= 15 is 0 Å². The molecule has 2 nitrogen and oxygen atoms in total. The number of nitrogens with zero attached hydrogens (tertiary/aromatic N) is 2. The summed E-state index contributed by atoms with van der Waals surface area (Å²) in [5.41, 5.74) is 0. The molecule has 1 fully saturated rings. The molecule has 0 bridgehead atoms. The molecule has 0 unspecified atom stereocenters. The van der Waals surface area contributed by atoms with E-state index in [4.69, 9.17) is 0 Å². The second-order valence-corrected chi connectivity index (χ2v) is 4.54. The van der Waals surface area contributed by atoms with Crippen molar-refractivity contribution in [2.45, 2.75) is 38.5 Å². The SMILES string of the molecule is CC(C)N1C[C@H](F)C[C@@H]1CN(C)C. The lowest BCUT2D eigenvalue weighted by atomic mass is 10.2. The molecule has 3 heteroatoms. The Morgan fingerprint density at radius 2 is 2.08 bits per heavy atom. The first-order valence-corrected chi connectivity index (χ1v) is 5.05. The van der Waals surface area contributed by atoms with Crippen LogP contribution in [-0.4, -0.2) is 55.2 Å². The summed E-state index contributed by atoms with van der Waals surface area (Å²) >= 11 is 0. The van der Waals surface area contributed by atoms with Crippen LogP contribution < -0.4 is 0 Å². The van der Waals surface area contributed by atoms with Crippen LogP contribution in [0.15, 0.2) is 0 Å². The Morgan fingerprint density at radius 3 is 2.54 bits per heavy atom. The predicted molar refractivity (Wildman–Crippen MR) is 53.7 cm³/mol. The fourth-order valence-electron chi connectivity index (χ4n) is 2.12. The molecule has 0 aromatic rings. The second-order valence-electron chi connectivity index (χ2n) is 4.54. The largest absolute Gasteiger partial charge is 0.308 e. The molecule has 0 amide bonds. The van der Waals surface area contributed by atoms with Crippen molar-refractivity contribution in [3.8, 4) is 0 Å². The number of hydrogen-bond acceptors (Lipinski definition) is 2. The third kappa shape index (κ3) is 2.92. The molecule has 1 heterocycles. The van der Waals surface area contributed by atoms with Crippen LogP contribution in [-0.2, 0) is 0 Å². The molecule has 0 N–H and O–H groups in total. The van der Waals surface area contributed by atoms with Crippen molar-refractivity contribution in [1.29, 1.82) is 0 Å². The molecule has 1 saturated heterocycles. The van der Waals surface area contributed by atoms with Crippen molar-refractivity contribution >= 4 is 0 Å². The highest BCUT2D eigenvalue weighted by atomic mass is 19.1. The van der Waals surface area contributed by atoms with Crippen molar-refractivity contribution in [3.63, 3.8) is 0 Å². The molecule has 1 aliphatic rings. The van der Waals surface area contributed by atoms with Gasteiger partial charge in [-0.2, -0.15) is 0 Å². The molecular weight excluding hydrogens is 167 g/mol.